The third kappa shape index (κ3) is 3.94. The highest BCUT2D eigenvalue weighted by Gasteiger charge is 2.23. The molecule has 2 aliphatic heterocycles. The first-order valence-corrected chi connectivity index (χ1v) is 9.35. The van der Waals surface area contributed by atoms with Crippen molar-refractivity contribution in [1.82, 2.24) is 15.1 Å². The highest BCUT2D eigenvalue weighted by Crippen LogP contribution is 2.20. The first kappa shape index (κ1) is 17.5. The highest BCUT2D eigenvalue weighted by atomic mass is 19.1. The van der Waals surface area contributed by atoms with Gasteiger partial charge in [-0.1, -0.05) is 12.1 Å². The molecule has 0 radical (unpaired) electrons. The molecule has 2 saturated heterocycles. The van der Waals surface area contributed by atoms with E-state index in [1.54, 1.807) is 23.1 Å². The minimum absolute atomic E-state index is 0.202. The van der Waals surface area contributed by atoms with Crippen molar-refractivity contribution in [3.8, 4) is 0 Å². The first-order chi connectivity index (χ1) is 13.2. The maximum Gasteiger partial charge on any atom is 0.322 e. The van der Waals surface area contributed by atoms with Crippen LogP contribution in [-0.4, -0.2) is 60.4 Å². The van der Waals surface area contributed by atoms with E-state index in [-0.39, 0.29) is 11.7 Å². The molecule has 0 aliphatic carbocycles. The van der Waals surface area contributed by atoms with Crippen molar-refractivity contribution in [2.24, 2.45) is 0 Å². The Kier molecular flexibility index (Phi) is 5.04. The van der Waals surface area contributed by atoms with Gasteiger partial charge in [-0.25, -0.2) is 9.18 Å². The topological polar surface area (TPSA) is 64.6 Å². The van der Waals surface area contributed by atoms with Crippen LogP contribution in [0.5, 0.6) is 0 Å². The van der Waals surface area contributed by atoms with Crippen LogP contribution in [0.2, 0.25) is 0 Å². The third-order valence-electron chi connectivity index (χ3n) is 5.07. The van der Waals surface area contributed by atoms with Gasteiger partial charge in [0.2, 0.25) is 0 Å². The van der Waals surface area contributed by atoms with Crippen LogP contribution in [0.25, 0.3) is 0 Å². The lowest BCUT2D eigenvalue weighted by Crippen LogP contribution is -2.50. The molecule has 7 nitrogen and oxygen atoms in total. The van der Waals surface area contributed by atoms with Crippen LogP contribution >= 0.6 is 0 Å². The average molecular weight is 370 g/mol. The number of para-hydroxylation sites is 1. The summed E-state index contributed by atoms with van der Waals surface area (Å²) in [5, 5.41) is 11.4. The Morgan fingerprint density at radius 1 is 0.852 bits per heavy atom. The number of piperazine rings is 1. The standard InChI is InChI=1S/C19H23FN6O/c20-15-5-1-2-6-16(15)21-19(27)26-13-11-25(12-14-26)18-8-7-17(22-23-18)24-9-3-4-10-24/h1-2,5-8H,3-4,9-14H2,(H,21,27). The second kappa shape index (κ2) is 7.77. The van der Waals surface area contributed by atoms with Crippen molar-refractivity contribution in [2.45, 2.75) is 12.8 Å². The fourth-order valence-corrected chi connectivity index (χ4v) is 3.50. The smallest absolute Gasteiger partial charge is 0.322 e. The number of nitrogens with zero attached hydrogens (tertiary/aromatic N) is 5. The number of halogens is 1. The van der Waals surface area contributed by atoms with Crippen LogP contribution in [0.3, 0.4) is 0 Å². The predicted molar refractivity (Wildman–Crippen MR) is 103 cm³/mol. The summed E-state index contributed by atoms with van der Waals surface area (Å²) >= 11 is 0. The molecule has 1 aromatic heterocycles. The molecule has 0 spiro atoms. The number of hydrogen-bond acceptors (Lipinski definition) is 5. The van der Waals surface area contributed by atoms with Crippen molar-refractivity contribution in [3.63, 3.8) is 0 Å². The molecule has 0 saturated carbocycles. The molecule has 0 unspecified atom stereocenters. The molecule has 0 bridgehead atoms. The molecule has 1 aromatic carbocycles. The van der Waals surface area contributed by atoms with E-state index in [2.05, 4.69) is 25.3 Å². The lowest BCUT2D eigenvalue weighted by atomic mass is 10.3. The Hall–Kier alpha value is -2.90. The molecule has 2 fully saturated rings. The normalized spacial score (nSPS) is 17.3. The van der Waals surface area contributed by atoms with Crippen LogP contribution in [0.1, 0.15) is 12.8 Å². The van der Waals surface area contributed by atoms with E-state index < -0.39 is 5.82 Å². The Morgan fingerprint density at radius 2 is 1.44 bits per heavy atom. The Morgan fingerprint density at radius 3 is 2.04 bits per heavy atom. The Bertz CT molecular complexity index is 785. The third-order valence-corrected chi connectivity index (χ3v) is 5.07. The van der Waals surface area contributed by atoms with E-state index >= 15 is 0 Å². The van der Waals surface area contributed by atoms with Gasteiger partial charge in [0.1, 0.15) is 5.82 Å². The van der Waals surface area contributed by atoms with Gasteiger partial charge >= 0.3 is 6.03 Å². The number of amides is 2. The van der Waals surface area contributed by atoms with Gasteiger partial charge < -0.3 is 20.0 Å². The molecule has 2 amide bonds. The number of urea groups is 1. The Balaban J connectivity index is 1.32. The maximum atomic E-state index is 13.7. The molecular weight excluding hydrogens is 347 g/mol. The maximum absolute atomic E-state index is 13.7. The monoisotopic (exact) mass is 370 g/mol. The summed E-state index contributed by atoms with van der Waals surface area (Å²) in [6.07, 6.45) is 2.42. The number of aromatic nitrogens is 2. The van der Waals surface area contributed by atoms with Crippen molar-refractivity contribution in [3.05, 3.63) is 42.2 Å². The molecule has 27 heavy (non-hydrogen) atoms. The molecule has 2 aliphatic rings. The number of rotatable bonds is 3. The summed E-state index contributed by atoms with van der Waals surface area (Å²) in [6.45, 7) is 4.53. The second-order valence-electron chi connectivity index (χ2n) is 6.83. The van der Waals surface area contributed by atoms with E-state index in [1.165, 1.54) is 18.9 Å². The number of hydrogen-bond donors (Lipinski definition) is 1. The lowest BCUT2D eigenvalue weighted by Gasteiger charge is -2.35. The highest BCUT2D eigenvalue weighted by molar-refractivity contribution is 5.89. The van der Waals surface area contributed by atoms with Gasteiger partial charge in [-0.15, -0.1) is 10.2 Å². The van der Waals surface area contributed by atoms with Crippen molar-refractivity contribution in [1.29, 1.82) is 0 Å². The van der Waals surface area contributed by atoms with Gasteiger partial charge in [0.05, 0.1) is 5.69 Å². The zero-order chi connectivity index (χ0) is 18.6. The summed E-state index contributed by atoms with van der Waals surface area (Å²) in [6, 6.07) is 9.91. The molecule has 2 aromatic rings. The molecule has 8 heteroatoms. The summed E-state index contributed by atoms with van der Waals surface area (Å²) in [5.41, 5.74) is 0.202. The van der Waals surface area contributed by atoms with E-state index in [9.17, 15) is 9.18 Å². The molecule has 3 heterocycles. The van der Waals surface area contributed by atoms with Gasteiger partial charge in [0, 0.05) is 39.3 Å². The van der Waals surface area contributed by atoms with Crippen LogP contribution in [-0.2, 0) is 0 Å². The average Bonchev–Trinajstić information content (AvgIpc) is 3.25. The molecule has 0 atom stereocenters. The van der Waals surface area contributed by atoms with Crippen LogP contribution in [0.4, 0.5) is 26.5 Å². The zero-order valence-corrected chi connectivity index (χ0v) is 15.1. The number of benzene rings is 1. The van der Waals surface area contributed by atoms with Gasteiger partial charge in [-0.05, 0) is 37.1 Å². The quantitative estimate of drug-likeness (QED) is 0.900. The molecular formula is C19H23FN6O. The molecule has 142 valence electrons. The number of anilines is 3. The minimum atomic E-state index is -0.433. The first-order valence-electron chi connectivity index (χ1n) is 9.35. The number of carbonyl (C=O) groups excluding carboxylic acids is 1. The van der Waals surface area contributed by atoms with Gasteiger partial charge in [-0.2, -0.15) is 0 Å². The summed E-state index contributed by atoms with van der Waals surface area (Å²) in [5.74, 6) is 1.32. The Labute approximate surface area is 157 Å². The van der Waals surface area contributed by atoms with Gasteiger partial charge in [0.25, 0.3) is 0 Å². The minimum Gasteiger partial charge on any atom is -0.355 e. The van der Waals surface area contributed by atoms with E-state index in [0.29, 0.717) is 26.2 Å². The van der Waals surface area contributed by atoms with E-state index in [4.69, 9.17) is 0 Å². The van der Waals surface area contributed by atoms with E-state index in [1.807, 2.05) is 12.1 Å². The van der Waals surface area contributed by atoms with Gasteiger partial charge in [-0.3, -0.25) is 0 Å². The van der Waals surface area contributed by atoms with E-state index in [0.717, 1.165) is 24.7 Å². The fourth-order valence-electron chi connectivity index (χ4n) is 3.50. The molecule has 4 rings (SSSR count). The summed E-state index contributed by atoms with van der Waals surface area (Å²) < 4.78 is 13.7. The van der Waals surface area contributed by atoms with Crippen molar-refractivity contribution < 1.29 is 9.18 Å². The van der Waals surface area contributed by atoms with Crippen molar-refractivity contribution in [2.75, 3.05) is 54.4 Å². The van der Waals surface area contributed by atoms with Crippen LogP contribution < -0.4 is 15.1 Å². The summed E-state index contributed by atoms with van der Waals surface area (Å²) in [7, 11) is 0. The largest absolute Gasteiger partial charge is 0.355 e. The lowest BCUT2D eigenvalue weighted by molar-refractivity contribution is 0.208. The second-order valence-corrected chi connectivity index (χ2v) is 6.83. The number of nitrogens with one attached hydrogen (secondary N) is 1. The fraction of sp³-hybridized carbons (Fsp3) is 0.421. The van der Waals surface area contributed by atoms with Crippen molar-refractivity contribution >= 4 is 23.4 Å². The molecule has 1 N–H and O–H groups in total. The van der Waals surface area contributed by atoms with Gasteiger partial charge in [0.15, 0.2) is 11.6 Å². The SMILES string of the molecule is O=C(Nc1ccccc1F)N1CCN(c2ccc(N3CCCC3)nn2)CC1. The zero-order valence-electron chi connectivity index (χ0n) is 15.1. The van der Waals surface area contributed by atoms with Crippen LogP contribution in [0, 0.1) is 5.82 Å². The predicted octanol–water partition coefficient (Wildman–Crippen LogP) is 2.57. The summed E-state index contributed by atoms with van der Waals surface area (Å²) in [4.78, 5) is 18.4. The number of carbonyl (C=O) groups is 1. The van der Waals surface area contributed by atoms with Crippen LogP contribution in [0.15, 0.2) is 36.4 Å².